The second kappa shape index (κ2) is 4.61. The van der Waals surface area contributed by atoms with E-state index in [-0.39, 0.29) is 12.1 Å². The van der Waals surface area contributed by atoms with Crippen molar-refractivity contribution in [3.05, 3.63) is 0 Å². The molecule has 1 aliphatic carbocycles. The maximum absolute atomic E-state index is 9.28. The van der Waals surface area contributed by atoms with Crippen molar-refractivity contribution in [1.29, 1.82) is 0 Å². The summed E-state index contributed by atoms with van der Waals surface area (Å²) in [6, 6.07) is 0.533. The molecular formula is C12H24N2O2. The van der Waals surface area contributed by atoms with Gasteiger partial charge in [0.15, 0.2) is 0 Å². The zero-order valence-electron chi connectivity index (χ0n) is 10.4. The van der Waals surface area contributed by atoms with Gasteiger partial charge in [0.25, 0.3) is 0 Å². The molecule has 4 atom stereocenters. The van der Waals surface area contributed by atoms with E-state index < -0.39 is 0 Å². The number of aliphatic hydroxyl groups is 1. The maximum atomic E-state index is 9.28. The molecule has 2 unspecified atom stereocenters. The van der Waals surface area contributed by atoms with Gasteiger partial charge in [0.1, 0.15) is 0 Å². The van der Waals surface area contributed by atoms with Crippen LogP contribution in [0.15, 0.2) is 0 Å². The summed E-state index contributed by atoms with van der Waals surface area (Å²) in [7, 11) is 0. The summed E-state index contributed by atoms with van der Waals surface area (Å²) in [6.07, 6.45) is 3.59. The third kappa shape index (κ3) is 2.56. The van der Waals surface area contributed by atoms with Crippen LogP contribution >= 0.6 is 0 Å². The van der Waals surface area contributed by atoms with E-state index in [9.17, 15) is 5.11 Å². The average Bonchev–Trinajstić information content (AvgIpc) is 2.61. The molecule has 16 heavy (non-hydrogen) atoms. The Kier molecular flexibility index (Phi) is 3.54. The Hall–Kier alpha value is -0.160. The third-order valence-electron chi connectivity index (χ3n) is 3.90. The van der Waals surface area contributed by atoms with Crippen LogP contribution in [0.3, 0.4) is 0 Å². The van der Waals surface area contributed by atoms with E-state index in [2.05, 4.69) is 18.7 Å². The molecule has 2 fully saturated rings. The molecule has 1 saturated heterocycles. The highest BCUT2D eigenvalue weighted by Crippen LogP contribution is 2.32. The lowest BCUT2D eigenvalue weighted by molar-refractivity contribution is -0.0802. The first-order valence-corrected chi connectivity index (χ1v) is 6.32. The molecule has 0 aromatic carbocycles. The fourth-order valence-corrected chi connectivity index (χ4v) is 3.10. The Bertz CT molecular complexity index is 239. The fourth-order valence-electron chi connectivity index (χ4n) is 3.10. The molecule has 1 heterocycles. The molecule has 94 valence electrons. The Morgan fingerprint density at radius 1 is 1.38 bits per heavy atom. The minimum atomic E-state index is -0.338. The number of nitrogens with zero attached hydrogens (tertiary/aromatic N) is 1. The predicted octanol–water partition coefficient (Wildman–Crippen LogP) is 0.338. The van der Waals surface area contributed by atoms with E-state index in [1.54, 1.807) is 0 Å². The van der Waals surface area contributed by atoms with Crippen molar-refractivity contribution in [3.8, 4) is 0 Å². The lowest BCUT2D eigenvalue weighted by Crippen LogP contribution is -2.51. The van der Waals surface area contributed by atoms with Crippen LogP contribution in [0.4, 0.5) is 0 Å². The zero-order chi connectivity index (χ0) is 11.8. The lowest BCUT2D eigenvalue weighted by atomic mass is 10.00. The van der Waals surface area contributed by atoms with Crippen molar-refractivity contribution >= 4 is 0 Å². The summed E-state index contributed by atoms with van der Waals surface area (Å²) in [5.74, 6) is 0. The van der Waals surface area contributed by atoms with Gasteiger partial charge >= 0.3 is 0 Å². The van der Waals surface area contributed by atoms with E-state index >= 15 is 0 Å². The summed E-state index contributed by atoms with van der Waals surface area (Å²) >= 11 is 0. The van der Waals surface area contributed by atoms with Gasteiger partial charge in [-0.05, 0) is 33.1 Å². The number of aliphatic hydroxyl groups excluding tert-OH is 1. The number of hydrogen-bond donors (Lipinski definition) is 2. The van der Waals surface area contributed by atoms with Crippen molar-refractivity contribution < 1.29 is 9.84 Å². The van der Waals surface area contributed by atoms with Gasteiger partial charge in [-0.25, -0.2) is 0 Å². The Morgan fingerprint density at radius 3 is 2.50 bits per heavy atom. The predicted molar refractivity (Wildman–Crippen MR) is 63.2 cm³/mol. The third-order valence-corrected chi connectivity index (χ3v) is 3.90. The van der Waals surface area contributed by atoms with Crippen molar-refractivity contribution in [2.45, 2.75) is 56.9 Å². The van der Waals surface area contributed by atoms with Crippen LogP contribution in [0, 0.1) is 0 Å². The van der Waals surface area contributed by atoms with Gasteiger partial charge in [-0.15, -0.1) is 0 Å². The van der Waals surface area contributed by atoms with Crippen LogP contribution < -0.4 is 5.73 Å². The van der Waals surface area contributed by atoms with Gasteiger partial charge in [0.2, 0.25) is 0 Å². The van der Waals surface area contributed by atoms with Gasteiger partial charge in [0, 0.05) is 24.7 Å². The van der Waals surface area contributed by atoms with E-state index in [1.807, 2.05) is 0 Å². The topological polar surface area (TPSA) is 58.7 Å². The highest BCUT2D eigenvalue weighted by molar-refractivity contribution is 4.98. The molecule has 2 aliphatic rings. The fraction of sp³-hybridized carbons (Fsp3) is 1.00. The number of nitrogens with two attached hydrogens (primary N) is 1. The van der Waals surface area contributed by atoms with Crippen LogP contribution in [0.5, 0.6) is 0 Å². The smallest absolute Gasteiger partial charge is 0.0678 e. The molecule has 4 nitrogen and oxygen atoms in total. The molecule has 4 heteroatoms. The first-order chi connectivity index (χ1) is 7.52. The first-order valence-electron chi connectivity index (χ1n) is 6.32. The largest absolute Gasteiger partial charge is 0.394 e. The molecule has 2 rings (SSSR count). The summed E-state index contributed by atoms with van der Waals surface area (Å²) in [4.78, 5) is 2.49. The van der Waals surface area contributed by atoms with Crippen LogP contribution in [0.1, 0.15) is 33.1 Å². The quantitative estimate of drug-likeness (QED) is 0.715. The molecule has 1 saturated carbocycles. The summed E-state index contributed by atoms with van der Waals surface area (Å²) < 4.78 is 5.73. The highest BCUT2D eigenvalue weighted by atomic mass is 16.5. The highest BCUT2D eigenvalue weighted by Gasteiger charge is 2.39. The summed E-state index contributed by atoms with van der Waals surface area (Å²) in [6.45, 7) is 6.35. The van der Waals surface area contributed by atoms with Crippen molar-refractivity contribution in [3.63, 3.8) is 0 Å². The molecule has 3 N–H and O–H groups in total. The minimum Gasteiger partial charge on any atom is -0.394 e. The van der Waals surface area contributed by atoms with Gasteiger partial charge in [0.05, 0.1) is 18.8 Å². The first kappa shape index (κ1) is 12.3. The van der Waals surface area contributed by atoms with Crippen LogP contribution in [-0.4, -0.2) is 53.5 Å². The molecule has 0 radical (unpaired) electrons. The van der Waals surface area contributed by atoms with Crippen molar-refractivity contribution in [2.75, 3.05) is 19.7 Å². The Labute approximate surface area is 97.7 Å². The van der Waals surface area contributed by atoms with Crippen molar-refractivity contribution in [1.82, 2.24) is 4.90 Å². The zero-order valence-corrected chi connectivity index (χ0v) is 10.4. The normalized spacial score (nSPS) is 46.1. The van der Waals surface area contributed by atoms with Gasteiger partial charge in [-0.1, -0.05) is 0 Å². The van der Waals surface area contributed by atoms with Gasteiger partial charge in [-0.2, -0.15) is 0 Å². The Balaban J connectivity index is 1.93. The molecule has 0 aromatic heterocycles. The number of hydrogen-bond acceptors (Lipinski definition) is 4. The minimum absolute atomic E-state index is 0.110. The van der Waals surface area contributed by atoms with Gasteiger partial charge < -0.3 is 15.6 Å². The monoisotopic (exact) mass is 228 g/mol. The molecular weight excluding hydrogens is 204 g/mol. The molecule has 0 aromatic rings. The summed E-state index contributed by atoms with van der Waals surface area (Å²) in [5.41, 5.74) is 5.78. The maximum Gasteiger partial charge on any atom is 0.0678 e. The van der Waals surface area contributed by atoms with E-state index in [1.165, 1.54) is 0 Å². The van der Waals surface area contributed by atoms with Crippen LogP contribution in [0.25, 0.3) is 0 Å². The van der Waals surface area contributed by atoms with E-state index in [0.717, 1.165) is 32.4 Å². The SMILES string of the molecule is C[C@@H]1CN(C2CCC(N)(CO)C2)C[C@H](C)O1. The average molecular weight is 228 g/mol. The van der Waals surface area contributed by atoms with Gasteiger partial charge in [-0.3, -0.25) is 4.90 Å². The molecule has 0 amide bonds. The second-order valence-electron chi connectivity index (χ2n) is 5.63. The lowest BCUT2D eigenvalue weighted by Gasteiger charge is -2.39. The summed E-state index contributed by atoms with van der Waals surface area (Å²) in [5, 5.41) is 9.28. The number of morpholine rings is 1. The second-order valence-corrected chi connectivity index (χ2v) is 5.63. The van der Waals surface area contributed by atoms with E-state index in [0.29, 0.717) is 18.2 Å². The molecule has 0 spiro atoms. The van der Waals surface area contributed by atoms with Crippen LogP contribution in [0.2, 0.25) is 0 Å². The molecule has 0 bridgehead atoms. The van der Waals surface area contributed by atoms with E-state index in [4.69, 9.17) is 10.5 Å². The standard InChI is InChI=1S/C12H24N2O2/c1-9-6-14(7-10(2)16-9)11-3-4-12(13,5-11)8-15/h9-11,15H,3-8,13H2,1-2H3/t9-,10+,11?,12?. The molecule has 1 aliphatic heterocycles. The number of rotatable bonds is 2. The number of ether oxygens (including phenoxy) is 1. The van der Waals surface area contributed by atoms with Crippen molar-refractivity contribution in [2.24, 2.45) is 5.73 Å². The van der Waals surface area contributed by atoms with Crippen LogP contribution in [-0.2, 0) is 4.74 Å². The Morgan fingerprint density at radius 2 is 2.00 bits per heavy atom.